The highest BCUT2D eigenvalue weighted by atomic mass is 16.5. The van der Waals surface area contributed by atoms with Crippen LogP contribution in [0.25, 0.3) is 22.6 Å². The summed E-state index contributed by atoms with van der Waals surface area (Å²) in [7, 11) is 0. The zero-order chi connectivity index (χ0) is 22.4. The molecule has 1 N–H and O–H groups in total. The van der Waals surface area contributed by atoms with Crippen LogP contribution in [0.5, 0.6) is 5.75 Å². The first-order valence-corrected chi connectivity index (χ1v) is 11.0. The van der Waals surface area contributed by atoms with E-state index in [1.54, 1.807) is 12.4 Å². The van der Waals surface area contributed by atoms with Gasteiger partial charge in [0, 0.05) is 24.0 Å². The number of hydrogen-bond acceptors (Lipinski definition) is 6. The molecule has 1 amide bonds. The van der Waals surface area contributed by atoms with Crippen molar-refractivity contribution in [3.05, 3.63) is 72.3 Å². The van der Waals surface area contributed by atoms with E-state index in [0.717, 1.165) is 29.8 Å². The number of nitrogens with zero attached hydrogens (tertiary/aromatic N) is 5. The van der Waals surface area contributed by atoms with Crippen LogP contribution in [0.2, 0.25) is 0 Å². The van der Waals surface area contributed by atoms with Crippen molar-refractivity contribution in [2.45, 2.75) is 19.9 Å². The Kier molecular flexibility index (Phi) is 4.64. The van der Waals surface area contributed by atoms with Crippen LogP contribution in [0.15, 0.2) is 61.1 Å². The molecule has 1 aliphatic heterocycles. The quantitative estimate of drug-likeness (QED) is 0.483. The highest BCUT2D eigenvalue weighted by molar-refractivity contribution is 6.06. The van der Waals surface area contributed by atoms with Gasteiger partial charge in [-0.3, -0.25) is 9.78 Å². The summed E-state index contributed by atoms with van der Waals surface area (Å²) in [5.74, 6) is 2.36. The summed E-state index contributed by atoms with van der Waals surface area (Å²) in [5.41, 5.74) is 3.93. The predicted octanol–water partition coefficient (Wildman–Crippen LogP) is 3.99. The highest BCUT2D eigenvalue weighted by Crippen LogP contribution is 2.41. The number of hydrogen-bond donors (Lipinski definition) is 1. The third kappa shape index (κ3) is 3.84. The molecule has 0 saturated heterocycles. The van der Waals surface area contributed by atoms with Crippen molar-refractivity contribution in [1.29, 1.82) is 0 Å². The van der Waals surface area contributed by atoms with Crippen LogP contribution in [-0.2, 0) is 6.54 Å². The van der Waals surface area contributed by atoms with Crippen LogP contribution in [0.4, 0.5) is 5.82 Å². The van der Waals surface area contributed by atoms with Crippen LogP contribution in [0.3, 0.4) is 0 Å². The van der Waals surface area contributed by atoms with Crippen LogP contribution < -0.4 is 10.1 Å². The zero-order valence-electron chi connectivity index (χ0n) is 18.1. The molecule has 0 spiro atoms. The van der Waals surface area contributed by atoms with E-state index in [9.17, 15) is 4.79 Å². The number of benzene rings is 1. The van der Waals surface area contributed by atoms with Crippen molar-refractivity contribution < 1.29 is 9.53 Å². The number of aryl methyl sites for hydroxylation is 1. The lowest BCUT2D eigenvalue weighted by atomic mass is 10.0. The summed E-state index contributed by atoms with van der Waals surface area (Å²) in [4.78, 5) is 22.3. The molecule has 33 heavy (non-hydrogen) atoms. The number of carbonyl (C=O) groups is 1. The van der Waals surface area contributed by atoms with E-state index in [0.29, 0.717) is 47.1 Å². The van der Waals surface area contributed by atoms with Gasteiger partial charge in [0.25, 0.3) is 5.91 Å². The van der Waals surface area contributed by atoms with Crippen LogP contribution in [0, 0.1) is 18.8 Å². The van der Waals surface area contributed by atoms with E-state index in [4.69, 9.17) is 4.74 Å². The minimum atomic E-state index is -0.276. The highest BCUT2D eigenvalue weighted by Gasteiger charge is 2.38. The van der Waals surface area contributed by atoms with Crippen molar-refractivity contribution in [3.8, 4) is 28.4 Å². The van der Waals surface area contributed by atoms with E-state index in [-0.39, 0.29) is 5.91 Å². The summed E-state index contributed by atoms with van der Waals surface area (Å²) in [5, 5.41) is 11.3. The van der Waals surface area contributed by atoms with Gasteiger partial charge < -0.3 is 14.6 Å². The first-order valence-electron chi connectivity index (χ1n) is 11.0. The number of nitrogens with one attached hydrogen (secondary N) is 1. The lowest BCUT2D eigenvalue weighted by Gasteiger charge is -2.15. The van der Waals surface area contributed by atoms with Crippen LogP contribution in [0.1, 0.15) is 22.5 Å². The third-order valence-corrected chi connectivity index (χ3v) is 6.26. The molecule has 1 fully saturated rings. The summed E-state index contributed by atoms with van der Waals surface area (Å²) in [6.07, 6.45) is 4.62. The van der Waals surface area contributed by atoms with E-state index in [1.807, 2.05) is 60.2 Å². The largest absolute Gasteiger partial charge is 0.492 e. The maximum absolute atomic E-state index is 13.3. The molecule has 0 radical (unpaired) electrons. The molecule has 4 aromatic rings. The molecule has 3 aromatic heterocycles. The van der Waals surface area contributed by atoms with Crippen LogP contribution in [-0.4, -0.2) is 37.2 Å². The van der Waals surface area contributed by atoms with Gasteiger partial charge in [-0.25, -0.2) is 4.98 Å². The molecule has 4 heterocycles. The fourth-order valence-electron chi connectivity index (χ4n) is 4.24. The number of aromatic nitrogens is 5. The standard InChI is InChI=1S/C25H22N6O2/c1-15-5-6-17(11-26-15)16-7-8-22-20(10-16)25(32)29-23-4-2-3-21(28-23)24-30-27-14-31(24)12-18-9-19(18)13-33-22/h2-8,10-11,14,18-19H,9,12-13H2,1H3,(H,28,29,32)/t18?,19-/m0/s1. The van der Waals surface area contributed by atoms with E-state index < -0.39 is 0 Å². The fourth-order valence-corrected chi connectivity index (χ4v) is 4.24. The van der Waals surface area contributed by atoms with E-state index in [2.05, 4.69) is 25.5 Å². The maximum atomic E-state index is 13.3. The Bertz CT molecular complexity index is 1350. The molecule has 8 nitrogen and oxygen atoms in total. The lowest BCUT2D eigenvalue weighted by Crippen LogP contribution is -2.16. The first kappa shape index (κ1) is 19.6. The molecular weight excluding hydrogens is 416 g/mol. The molecule has 2 aliphatic rings. The van der Waals surface area contributed by atoms with Gasteiger partial charge in [0.2, 0.25) is 0 Å². The minimum absolute atomic E-state index is 0.276. The average Bonchev–Trinajstić information content (AvgIpc) is 3.40. The number of fused-ring (bicyclic) bond motifs is 6. The second kappa shape index (κ2) is 7.81. The Morgan fingerprint density at radius 2 is 2.00 bits per heavy atom. The smallest absolute Gasteiger partial charge is 0.260 e. The Hall–Kier alpha value is -4.07. The molecule has 1 aromatic carbocycles. The van der Waals surface area contributed by atoms with E-state index in [1.165, 1.54) is 0 Å². The maximum Gasteiger partial charge on any atom is 0.260 e. The van der Waals surface area contributed by atoms with Gasteiger partial charge in [-0.1, -0.05) is 18.2 Å². The topological polar surface area (TPSA) is 94.8 Å². The Morgan fingerprint density at radius 3 is 2.88 bits per heavy atom. The Labute approximate surface area is 190 Å². The molecule has 8 heteroatoms. The summed E-state index contributed by atoms with van der Waals surface area (Å²) in [6.45, 7) is 3.33. The monoisotopic (exact) mass is 438 g/mol. The molecule has 2 bridgehead atoms. The second-order valence-corrected chi connectivity index (χ2v) is 8.64. The first-order chi connectivity index (χ1) is 16.1. The fraction of sp³-hybridized carbons (Fsp3) is 0.240. The van der Waals surface area contributed by atoms with E-state index >= 15 is 0 Å². The van der Waals surface area contributed by atoms with Gasteiger partial charge in [0.05, 0.1) is 12.2 Å². The summed E-state index contributed by atoms with van der Waals surface area (Å²) in [6, 6.07) is 15.2. The second-order valence-electron chi connectivity index (χ2n) is 8.64. The molecule has 1 aliphatic carbocycles. The van der Waals surface area contributed by atoms with Crippen molar-refractivity contribution in [2.75, 3.05) is 11.9 Å². The molecular formula is C25H22N6O2. The Balaban J connectivity index is 1.40. The number of pyridine rings is 2. The van der Waals surface area contributed by atoms with Crippen molar-refractivity contribution in [3.63, 3.8) is 0 Å². The van der Waals surface area contributed by atoms with Gasteiger partial charge in [0.1, 0.15) is 23.6 Å². The summed E-state index contributed by atoms with van der Waals surface area (Å²) >= 11 is 0. The van der Waals surface area contributed by atoms with Gasteiger partial charge >= 0.3 is 0 Å². The lowest BCUT2D eigenvalue weighted by molar-refractivity contribution is 0.102. The van der Waals surface area contributed by atoms with Gasteiger partial charge in [-0.2, -0.15) is 0 Å². The third-order valence-electron chi connectivity index (χ3n) is 6.26. The molecule has 164 valence electrons. The number of anilines is 1. The number of amides is 1. The van der Waals surface area contributed by atoms with Crippen molar-refractivity contribution >= 4 is 11.7 Å². The SMILES string of the molecule is Cc1ccc(-c2ccc3c(c2)C(=O)Nc2cccc(n2)-c2nncn2CC2C[C@H]2CO3)cn1. The molecule has 6 rings (SSSR count). The Morgan fingerprint density at radius 1 is 1.09 bits per heavy atom. The normalized spacial score (nSPS) is 19.2. The number of carbonyl (C=O) groups excluding carboxylic acids is 1. The van der Waals surface area contributed by atoms with Crippen LogP contribution >= 0.6 is 0 Å². The van der Waals surface area contributed by atoms with Gasteiger partial charge in [0.15, 0.2) is 5.82 Å². The molecule has 1 saturated carbocycles. The van der Waals surface area contributed by atoms with Crippen molar-refractivity contribution in [2.24, 2.45) is 11.8 Å². The summed E-state index contributed by atoms with van der Waals surface area (Å²) < 4.78 is 8.18. The zero-order valence-corrected chi connectivity index (χ0v) is 18.1. The van der Waals surface area contributed by atoms with Gasteiger partial charge in [-0.15, -0.1) is 10.2 Å². The average molecular weight is 438 g/mol. The molecule has 1 unspecified atom stereocenters. The molecule has 2 atom stereocenters. The minimum Gasteiger partial charge on any atom is -0.492 e. The van der Waals surface area contributed by atoms with Gasteiger partial charge in [-0.05, 0) is 61.1 Å². The number of ether oxygens (including phenoxy) is 1. The predicted molar refractivity (Wildman–Crippen MR) is 123 cm³/mol. The van der Waals surface area contributed by atoms with Crippen molar-refractivity contribution in [1.82, 2.24) is 24.7 Å². The number of rotatable bonds is 1.